The quantitative estimate of drug-likeness (QED) is 0.776. The van der Waals surface area contributed by atoms with E-state index in [0.29, 0.717) is 16.9 Å². The third-order valence-electron chi connectivity index (χ3n) is 3.44. The Morgan fingerprint density at radius 1 is 0.875 bits per heavy atom. The second kappa shape index (κ2) is 8.15. The first-order valence-corrected chi connectivity index (χ1v) is 8.06. The van der Waals surface area contributed by atoms with E-state index in [1.807, 2.05) is 38.1 Å². The van der Waals surface area contributed by atoms with Crippen LogP contribution in [0.25, 0.3) is 0 Å². The number of rotatable bonds is 5. The number of aryl methyl sites for hydroxylation is 1. The summed E-state index contributed by atoms with van der Waals surface area (Å²) in [6.07, 6.45) is 0.945. The molecule has 0 spiro atoms. The van der Waals surface area contributed by atoms with Crippen molar-refractivity contribution in [3.05, 3.63) is 59.7 Å². The highest BCUT2D eigenvalue weighted by Gasteiger charge is 2.07. The van der Waals surface area contributed by atoms with E-state index in [9.17, 15) is 9.59 Å². The van der Waals surface area contributed by atoms with Gasteiger partial charge in [0.15, 0.2) is 0 Å². The van der Waals surface area contributed by atoms with Crippen molar-refractivity contribution in [3.8, 4) is 0 Å². The molecule has 0 saturated carbocycles. The average Bonchev–Trinajstić information content (AvgIpc) is 2.56. The van der Waals surface area contributed by atoms with Crippen LogP contribution in [0, 0.1) is 0 Å². The van der Waals surface area contributed by atoms with Gasteiger partial charge in [-0.15, -0.1) is 0 Å². The van der Waals surface area contributed by atoms with Crippen LogP contribution in [0.1, 0.15) is 36.7 Å². The summed E-state index contributed by atoms with van der Waals surface area (Å²) in [6.45, 7) is 5.86. The minimum Gasteiger partial charge on any atom is -0.336 e. The number of hydrogen-bond donors (Lipinski definition) is 3. The molecule has 0 aromatic heterocycles. The lowest BCUT2D eigenvalue weighted by Crippen LogP contribution is -2.34. The van der Waals surface area contributed by atoms with Gasteiger partial charge in [-0.25, -0.2) is 4.79 Å². The molecule has 0 radical (unpaired) electrons. The first-order chi connectivity index (χ1) is 11.5. The predicted octanol–water partition coefficient (Wildman–Crippen LogP) is 4.03. The number of benzene rings is 2. The molecular weight excluding hydrogens is 302 g/mol. The van der Waals surface area contributed by atoms with Crippen LogP contribution in [-0.4, -0.2) is 18.0 Å². The predicted molar refractivity (Wildman–Crippen MR) is 97.5 cm³/mol. The normalized spacial score (nSPS) is 10.3. The topological polar surface area (TPSA) is 70.2 Å². The minimum atomic E-state index is -0.252. The number of carbonyl (C=O) groups is 2. The van der Waals surface area contributed by atoms with Gasteiger partial charge < -0.3 is 16.0 Å². The van der Waals surface area contributed by atoms with Crippen molar-refractivity contribution in [2.75, 3.05) is 10.6 Å². The molecular formula is C19H23N3O2. The first-order valence-electron chi connectivity index (χ1n) is 8.06. The van der Waals surface area contributed by atoms with E-state index in [4.69, 9.17) is 0 Å². The van der Waals surface area contributed by atoms with Gasteiger partial charge in [-0.3, -0.25) is 4.79 Å². The lowest BCUT2D eigenvalue weighted by Gasteiger charge is -2.11. The van der Waals surface area contributed by atoms with Crippen LogP contribution in [0.5, 0.6) is 0 Å². The largest absolute Gasteiger partial charge is 0.336 e. The molecule has 0 bridgehead atoms. The lowest BCUT2D eigenvalue weighted by atomic mass is 10.1. The van der Waals surface area contributed by atoms with Gasteiger partial charge in [-0.1, -0.05) is 19.1 Å². The molecule has 0 aliphatic rings. The number of carbonyl (C=O) groups excluding carboxylic acids is 2. The molecule has 0 atom stereocenters. The molecule has 0 aliphatic heterocycles. The monoisotopic (exact) mass is 325 g/mol. The van der Waals surface area contributed by atoms with Gasteiger partial charge in [0.05, 0.1) is 0 Å². The molecule has 5 heteroatoms. The maximum absolute atomic E-state index is 12.2. The smallest absolute Gasteiger partial charge is 0.319 e. The Balaban J connectivity index is 1.95. The first kappa shape index (κ1) is 17.5. The Bertz CT molecular complexity index is 692. The molecule has 0 saturated heterocycles. The zero-order valence-corrected chi connectivity index (χ0v) is 14.2. The molecule has 3 N–H and O–H groups in total. The zero-order chi connectivity index (χ0) is 17.5. The van der Waals surface area contributed by atoms with Crippen molar-refractivity contribution >= 4 is 23.3 Å². The molecule has 2 aromatic carbocycles. The van der Waals surface area contributed by atoms with E-state index < -0.39 is 0 Å². The second-order valence-corrected chi connectivity index (χ2v) is 5.84. The van der Waals surface area contributed by atoms with E-state index in [1.54, 1.807) is 24.3 Å². The molecule has 0 heterocycles. The van der Waals surface area contributed by atoms with Gasteiger partial charge in [0, 0.05) is 23.0 Å². The highest BCUT2D eigenvalue weighted by molar-refractivity contribution is 6.04. The van der Waals surface area contributed by atoms with Crippen LogP contribution in [0.3, 0.4) is 0 Å². The van der Waals surface area contributed by atoms with Crippen LogP contribution in [0.2, 0.25) is 0 Å². The molecule has 2 aromatic rings. The maximum Gasteiger partial charge on any atom is 0.319 e. The molecule has 126 valence electrons. The molecule has 5 nitrogen and oxygen atoms in total. The molecule has 0 unspecified atom stereocenters. The summed E-state index contributed by atoms with van der Waals surface area (Å²) in [4.78, 5) is 23.8. The number of amides is 3. The Morgan fingerprint density at radius 2 is 1.42 bits per heavy atom. The fraction of sp³-hybridized carbons (Fsp3) is 0.263. The van der Waals surface area contributed by atoms with Gasteiger partial charge in [0.2, 0.25) is 0 Å². The van der Waals surface area contributed by atoms with E-state index in [0.717, 1.165) is 6.42 Å². The summed E-state index contributed by atoms with van der Waals surface area (Å²) >= 11 is 0. The van der Waals surface area contributed by atoms with E-state index in [-0.39, 0.29) is 18.0 Å². The number of nitrogens with one attached hydrogen (secondary N) is 3. The van der Waals surface area contributed by atoms with Crippen molar-refractivity contribution in [1.29, 1.82) is 0 Å². The minimum absolute atomic E-state index is 0.0719. The van der Waals surface area contributed by atoms with Crippen molar-refractivity contribution in [2.45, 2.75) is 33.2 Å². The lowest BCUT2D eigenvalue weighted by molar-refractivity contribution is 0.102. The van der Waals surface area contributed by atoms with Crippen LogP contribution in [0.15, 0.2) is 48.5 Å². The van der Waals surface area contributed by atoms with Crippen molar-refractivity contribution < 1.29 is 9.59 Å². The Morgan fingerprint density at radius 3 is 1.92 bits per heavy atom. The SMILES string of the molecule is CCc1ccc(C(=O)Nc2ccc(NC(=O)NC(C)C)cc2)cc1. The van der Waals surface area contributed by atoms with Gasteiger partial charge >= 0.3 is 6.03 Å². The number of anilines is 2. The maximum atomic E-state index is 12.2. The third kappa shape index (κ3) is 5.12. The van der Waals surface area contributed by atoms with Crippen LogP contribution in [0.4, 0.5) is 16.2 Å². The summed E-state index contributed by atoms with van der Waals surface area (Å²) in [7, 11) is 0. The van der Waals surface area contributed by atoms with Gasteiger partial charge in [-0.05, 0) is 62.2 Å². The van der Waals surface area contributed by atoms with E-state index in [1.165, 1.54) is 5.56 Å². The average molecular weight is 325 g/mol. The summed E-state index contributed by atoms with van der Waals surface area (Å²) in [5.41, 5.74) is 3.15. The van der Waals surface area contributed by atoms with Crippen LogP contribution >= 0.6 is 0 Å². The molecule has 0 fully saturated rings. The number of hydrogen-bond acceptors (Lipinski definition) is 2. The fourth-order valence-corrected chi connectivity index (χ4v) is 2.16. The van der Waals surface area contributed by atoms with Crippen molar-refractivity contribution in [1.82, 2.24) is 5.32 Å². The Labute approximate surface area is 142 Å². The second-order valence-electron chi connectivity index (χ2n) is 5.84. The number of urea groups is 1. The highest BCUT2D eigenvalue weighted by Crippen LogP contribution is 2.15. The van der Waals surface area contributed by atoms with Gasteiger partial charge in [-0.2, -0.15) is 0 Å². The molecule has 0 aliphatic carbocycles. The van der Waals surface area contributed by atoms with Crippen molar-refractivity contribution in [2.24, 2.45) is 0 Å². The van der Waals surface area contributed by atoms with Gasteiger partial charge in [0.25, 0.3) is 5.91 Å². The Hall–Kier alpha value is -2.82. The van der Waals surface area contributed by atoms with E-state index in [2.05, 4.69) is 22.9 Å². The Kier molecular flexibility index (Phi) is 5.95. The van der Waals surface area contributed by atoms with Crippen LogP contribution in [-0.2, 0) is 6.42 Å². The zero-order valence-electron chi connectivity index (χ0n) is 14.2. The highest BCUT2D eigenvalue weighted by atomic mass is 16.2. The van der Waals surface area contributed by atoms with Gasteiger partial charge in [0.1, 0.15) is 0 Å². The summed E-state index contributed by atoms with van der Waals surface area (Å²) < 4.78 is 0. The van der Waals surface area contributed by atoms with Crippen LogP contribution < -0.4 is 16.0 Å². The van der Waals surface area contributed by atoms with Crippen molar-refractivity contribution in [3.63, 3.8) is 0 Å². The standard InChI is InChI=1S/C19H23N3O2/c1-4-14-5-7-15(8-6-14)18(23)21-16-9-11-17(12-10-16)22-19(24)20-13(2)3/h5-13H,4H2,1-3H3,(H,21,23)(H2,20,22,24). The molecule has 2 rings (SSSR count). The summed E-state index contributed by atoms with van der Waals surface area (Å²) in [6, 6.07) is 14.4. The summed E-state index contributed by atoms with van der Waals surface area (Å²) in [5.74, 6) is -0.157. The van der Waals surface area contributed by atoms with E-state index >= 15 is 0 Å². The fourth-order valence-electron chi connectivity index (χ4n) is 2.16. The third-order valence-corrected chi connectivity index (χ3v) is 3.44. The molecule has 3 amide bonds. The summed E-state index contributed by atoms with van der Waals surface area (Å²) in [5, 5.41) is 8.33. The molecule has 24 heavy (non-hydrogen) atoms.